The Bertz CT molecular complexity index is 277. The second-order valence-electron chi connectivity index (χ2n) is 4.49. The van der Waals surface area contributed by atoms with Crippen LogP contribution in [-0.2, 0) is 6.54 Å². The van der Waals surface area contributed by atoms with E-state index in [0.717, 1.165) is 19.6 Å². The van der Waals surface area contributed by atoms with Crippen molar-refractivity contribution < 1.29 is 0 Å². The van der Waals surface area contributed by atoms with E-state index >= 15 is 0 Å². The molecule has 16 heavy (non-hydrogen) atoms. The average Bonchev–Trinajstić information content (AvgIpc) is 2.97. The Morgan fingerprint density at radius 1 is 1.56 bits per heavy atom. The number of rotatable bonds is 6. The molecule has 1 atom stereocenters. The van der Waals surface area contributed by atoms with Crippen LogP contribution in [0.25, 0.3) is 0 Å². The van der Waals surface area contributed by atoms with Crippen LogP contribution in [0.15, 0.2) is 18.7 Å². The minimum atomic E-state index is 0.711. The smallest absolute Gasteiger partial charge is 0.0946 e. The lowest BCUT2D eigenvalue weighted by atomic mass is 10.2. The van der Waals surface area contributed by atoms with E-state index in [2.05, 4.69) is 26.7 Å². The number of hydrogen-bond acceptors (Lipinski definition) is 3. The second-order valence-corrected chi connectivity index (χ2v) is 4.49. The first-order chi connectivity index (χ1) is 7.88. The third-order valence-electron chi connectivity index (χ3n) is 3.32. The van der Waals surface area contributed by atoms with Crippen molar-refractivity contribution in [2.45, 2.75) is 32.4 Å². The maximum atomic E-state index is 4.06. The molecule has 0 aliphatic carbocycles. The highest BCUT2D eigenvalue weighted by atomic mass is 15.2. The van der Waals surface area contributed by atoms with Crippen molar-refractivity contribution in [1.29, 1.82) is 0 Å². The molecule has 1 unspecified atom stereocenters. The van der Waals surface area contributed by atoms with Gasteiger partial charge in [0.15, 0.2) is 0 Å². The summed E-state index contributed by atoms with van der Waals surface area (Å²) in [6.07, 6.45) is 8.43. The molecule has 2 rings (SSSR count). The van der Waals surface area contributed by atoms with Crippen molar-refractivity contribution in [3.05, 3.63) is 18.7 Å². The van der Waals surface area contributed by atoms with Crippen molar-refractivity contribution in [1.82, 2.24) is 19.8 Å². The summed E-state index contributed by atoms with van der Waals surface area (Å²) < 4.78 is 2.14. The molecule has 1 aromatic rings. The summed E-state index contributed by atoms with van der Waals surface area (Å²) in [4.78, 5) is 6.58. The van der Waals surface area contributed by atoms with Crippen LogP contribution < -0.4 is 5.32 Å². The van der Waals surface area contributed by atoms with E-state index in [1.807, 2.05) is 18.7 Å². The van der Waals surface area contributed by atoms with E-state index in [4.69, 9.17) is 0 Å². The SMILES string of the molecule is CCN(CCn1ccnc1)CC1CCCN1. The summed E-state index contributed by atoms with van der Waals surface area (Å²) >= 11 is 0. The topological polar surface area (TPSA) is 33.1 Å². The molecule has 0 amide bonds. The largest absolute Gasteiger partial charge is 0.336 e. The first-order valence-corrected chi connectivity index (χ1v) is 6.30. The minimum Gasteiger partial charge on any atom is -0.336 e. The number of imidazole rings is 1. The van der Waals surface area contributed by atoms with Gasteiger partial charge in [0.2, 0.25) is 0 Å². The molecule has 0 radical (unpaired) electrons. The molecule has 4 heteroatoms. The normalized spacial score (nSPS) is 20.8. The zero-order valence-corrected chi connectivity index (χ0v) is 10.1. The Morgan fingerprint density at radius 3 is 3.12 bits per heavy atom. The first kappa shape index (κ1) is 11.6. The third kappa shape index (κ3) is 3.32. The molecular formula is C12H22N4. The quantitative estimate of drug-likeness (QED) is 0.778. The fourth-order valence-corrected chi connectivity index (χ4v) is 2.28. The highest BCUT2D eigenvalue weighted by molar-refractivity contribution is 4.79. The Labute approximate surface area is 97.7 Å². The number of nitrogens with one attached hydrogen (secondary N) is 1. The summed E-state index contributed by atoms with van der Waals surface area (Å²) in [5.74, 6) is 0. The van der Waals surface area contributed by atoms with Crippen LogP contribution in [0.1, 0.15) is 19.8 Å². The number of aromatic nitrogens is 2. The maximum Gasteiger partial charge on any atom is 0.0946 e. The van der Waals surface area contributed by atoms with Crippen LogP contribution in [0.2, 0.25) is 0 Å². The van der Waals surface area contributed by atoms with Crippen molar-refractivity contribution in [2.24, 2.45) is 0 Å². The highest BCUT2D eigenvalue weighted by Gasteiger charge is 2.16. The van der Waals surface area contributed by atoms with Gasteiger partial charge in [-0.15, -0.1) is 0 Å². The van der Waals surface area contributed by atoms with E-state index in [-0.39, 0.29) is 0 Å². The molecule has 1 saturated heterocycles. The fourth-order valence-electron chi connectivity index (χ4n) is 2.28. The van der Waals surface area contributed by atoms with Crippen LogP contribution in [0, 0.1) is 0 Å². The average molecular weight is 222 g/mol. The van der Waals surface area contributed by atoms with Gasteiger partial charge in [0.1, 0.15) is 0 Å². The van der Waals surface area contributed by atoms with Crippen LogP contribution in [-0.4, -0.2) is 46.7 Å². The lowest BCUT2D eigenvalue weighted by Crippen LogP contribution is -2.38. The summed E-state index contributed by atoms with van der Waals surface area (Å²) in [7, 11) is 0. The first-order valence-electron chi connectivity index (χ1n) is 6.30. The zero-order chi connectivity index (χ0) is 11.2. The third-order valence-corrected chi connectivity index (χ3v) is 3.32. The minimum absolute atomic E-state index is 0.711. The number of hydrogen-bond donors (Lipinski definition) is 1. The molecule has 0 aromatic carbocycles. The van der Waals surface area contributed by atoms with Crippen molar-refractivity contribution in [3.63, 3.8) is 0 Å². The maximum absolute atomic E-state index is 4.06. The van der Waals surface area contributed by atoms with Gasteiger partial charge < -0.3 is 14.8 Å². The Balaban J connectivity index is 1.72. The number of nitrogens with zero attached hydrogens (tertiary/aromatic N) is 3. The van der Waals surface area contributed by atoms with Gasteiger partial charge in [0.25, 0.3) is 0 Å². The van der Waals surface area contributed by atoms with E-state index in [1.54, 1.807) is 0 Å². The van der Waals surface area contributed by atoms with Gasteiger partial charge in [0, 0.05) is 38.1 Å². The van der Waals surface area contributed by atoms with Gasteiger partial charge >= 0.3 is 0 Å². The number of likely N-dealkylation sites (N-methyl/N-ethyl adjacent to an activating group) is 1. The molecule has 90 valence electrons. The second kappa shape index (κ2) is 6.01. The van der Waals surface area contributed by atoms with E-state index in [1.165, 1.54) is 25.9 Å². The van der Waals surface area contributed by atoms with Gasteiger partial charge in [-0.2, -0.15) is 0 Å². The van der Waals surface area contributed by atoms with Crippen LogP contribution in [0.4, 0.5) is 0 Å². The van der Waals surface area contributed by atoms with Gasteiger partial charge in [-0.25, -0.2) is 4.98 Å². The van der Waals surface area contributed by atoms with Gasteiger partial charge in [-0.3, -0.25) is 0 Å². The van der Waals surface area contributed by atoms with Gasteiger partial charge in [-0.1, -0.05) is 6.92 Å². The predicted octanol–water partition coefficient (Wildman–Crippen LogP) is 0.957. The molecule has 1 N–H and O–H groups in total. The molecule has 1 fully saturated rings. The predicted molar refractivity (Wildman–Crippen MR) is 65.4 cm³/mol. The lowest BCUT2D eigenvalue weighted by molar-refractivity contribution is 0.251. The van der Waals surface area contributed by atoms with E-state index < -0.39 is 0 Å². The van der Waals surface area contributed by atoms with E-state index in [9.17, 15) is 0 Å². The molecule has 1 aliphatic heterocycles. The van der Waals surface area contributed by atoms with Crippen LogP contribution in [0.5, 0.6) is 0 Å². The Hall–Kier alpha value is -0.870. The zero-order valence-electron chi connectivity index (χ0n) is 10.1. The summed E-state index contributed by atoms with van der Waals surface area (Å²) in [6.45, 7) is 7.91. The molecule has 2 heterocycles. The molecule has 0 bridgehead atoms. The molecule has 1 aromatic heterocycles. The van der Waals surface area contributed by atoms with E-state index in [0.29, 0.717) is 6.04 Å². The molecule has 0 saturated carbocycles. The Kier molecular flexibility index (Phi) is 4.36. The monoisotopic (exact) mass is 222 g/mol. The summed E-state index contributed by atoms with van der Waals surface area (Å²) in [5.41, 5.74) is 0. The molecule has 0 spiro atoms. The van der Waals surface area contributed by atoms with Crippen LogP contribution in [0.3, 0.4) is 0 Å². The Morgan fingerprint density at radius 2 is 2.50 bits per heavy atom. The van der Waals surface area contributed by atoms with Crippen molar-refractivity contribution >= 4 is 0 Å². The van der Waals surface area contributed by atoms with Gasteiger partial charge in [-0.05, 0) is 25.9 Å². The van der Waals surface area contributed by atoms with Crippen molar-refractivity contribution in [2.75, 3.05) is 26.2 Å². The summed E-state index contributed by atoms with van der Waals surface area (Å²) in [5, 5.41) is 3.55. The molecular weight excluding hydrogens is 200 g/mol. The van der Waals surface area contributed by atoms with Crippen LogP contribution >= 0.6 is 0 Å². The fraction of sp³-hybridized carbons (Fsp3) is 0.750. The summed E-state index contributed by atoms with van der Waals surface area (Å²) in [6, 6.07) is 0.711. The highest BCUT2D eigenvalue weighted by Crippen LogP contribution is 2.06. The molecule has 1 aliphatic rings. The lowest BCUT2D eigenvalue weighted by Gasteiger charge is -2.24. The molecule has 4 nitrogen and oxygen atoms in total. The van der Waals surface area contributed by atoms with Gasteiger partial charge in [0.05, 0.1) is 6.33 Å². The van der Waals surface area contributed by atoms with Crippen molar-refractivity contribution in [3.8, 4) is 0 Å². The standard InChI is InChI=1S/C12H22N4/c1-2-15(10-12-4-3-5-14-12)8-9-16-7-6-13-11-16/h6-7,11-12,14H,2-5,8-10H2,1H3.